The first-order valence-corrected chi connectivity index (χ1v) is 13.9. The fraction of sp³-hybridized carbons (Fsp3) is 0.677. The Morgan fingerprint density at radius 1 is 1.18 bits per heavy atom. The van der Waals surface area contributed by atoms with Crippen molar-refractivity contribution in [2.45, 2.75) is 117 Å². The molecule has 0 aliphatic carbocycles. The quantitative estimate of drug-likeness (QED) is 0.300. The number of carbonyl (C=O) groups is 2. The van der Waals surface area contributed by atoms with Crippen LogP contribution in [0.5, 0.6) is 0 Å². The lowest BCUT2D eigenvalue weighted by Gasteiger charge is -2.37. The van der Waals surface area contributed by atoms with Crippen LogP contribution in [0, 0.1) is 0 Å². The van der Waals surface area contributed by atoms with Crippen LogP contribution in [0.2, 0.25) is 0 Å². The molecule has 2 amide bonds. The molecule has 1 heterocycles. The number of ether oxygens (including phenoxy) is 1. The number of nitrogens with zero attached hydrogens (tertiary/aromatic N) is 2. The molecule has 218 valence electrons. The normalized spacial score (nSPS) is 19.8. The second-order valence-electron chi connectivity index (χ2n) is 11.3. The first kappa shape index (κ1) is 35.6. The van der Waals surface area contributed by atoms with Crippen molar-refractivity contribution in [1.29, 1.82) is 0 Å². The smallest absolute Gasteiger partial charge is 0.408 e. The summed E-state index contributed by atoms with van der Waals surface area (Å²) in [4.78, 5) is 29.0. The van der Waals surface area contributed by atoms with Crippen LogP contribution < -0.4 is 5.32 Å². The van der Waals surface area contributed by atoms with E-state index in [0.717, 1.165) is 30.4 Å². The van der Waals surface area contributed by atoms with Crippen LogP contribution in [-0.2, 0) is 9.53 Å². The zero-order chi connectivity index (χ0) is 29.8. The van der Waals surface area contributed by atoms with Gasteiger partial charge in [0.25, 0.3) is 0 Å². The van der Waals surface area contributed by atoms with Gasteiger partial charge in [-0.1, -0.05) is 58.2 Å². The van der Waals surface area contributed by atoms with Gasteiger partial charge in [0, 0.05) is 24.7 Å². The van der Waals surface area contributed by atoms with E-state index in [-0.39, 0.29) is 30.6 Å². The first-order valence-electron chi connectivity index (χ1n) is 13.9. The van der Waals surface area contributed by atoms with Crippen LogP contribution in [0.4, 0.5) is 4.79 Å². The Kier molecular flexibility index (Phi) is 14.9. The lowest BCUT2D eigenvalue weighted by Crippen LogP contribution is -2.50. The maximum Gasteiger partial charge on any atom is 0.408 e. The van der Waals surface area contributed by atoms with Crippen molar-refractivity contribution in [2.24, 2.45) is 0 Å². The number of amides is 2. The summed E-state index contributed by atoms with van der Waals surface area (Å²) >= 11 is 0. The lowest BCUT2D eigenvalue weighted by molar-refractivity contribution is -0.131. The van der Waals surface area contributed by atoms with E-state index in [9.17, 15) is 14.7 Å². The molecule has 0 aromatic rings. The molecular weight excluding hydrogens is 478 g/mol. The molecular formula is C31H55N3O4. The van der Waals surface area contributed by atoms with Gasteiger partial charge < -0.3 is 20.1 Å². The Morgan fingerprint density at radius 2 is 1.76 bits per heavy atom. The maximum atomic E-state index is 12.9. The monoisotopic (exact) mass is 533 g/mol. The van der Waals surface area contributed by atoms with E-state index in [2.05, 4.69) is 50.8 Å². The minimum atomic E-state index is -1.03. The first-order chi connectivity index (χ1) is 17.5. The highest BCUT2D eigenvalue weighted by Crippen LogP contribution is 2.29. The van der Waals surface area contributed by atoms with Crippen LogP contribution in [0.1, 0.15) is 88.0 Å². The Bertz CT molecular complexity index is 854. The Labute approximate surface area is 232 Å². The van der Waals surface area contributed by atoms with E-state index in [0.29, 0.717) is 18.5 Å². The fourth-order valence-electron chi connectivity index (χ4n) is 4.38. The summed E-state index contributed by atoms with van der Waals surface area (Å²) in [5.74, 6) is -0.0985. The highest BCUT2D eigenvalue weighted by atomic mass is 16.6. The number of allylic oxidation sites excluding steroid dienone is 3. The van der Waals surface area contributed by atoms with Gasteiger partial charge in [-0.2, -0.15) is 0 Å². The predicted octanol–water partition coefficient (Wildman–Crippen LogP) is 6.01. The third kappa shape index (κ3) is 11.6. The van der Waals surface area contributed by atoms with Gasteiger partial charge in [0.2, 0.25) is 5.91 Å². The Balaban J connectivity index is 0.00000667. The number of nitrogens with one attached hydrogen (secondary N) is 1. The van der Waals surface area contributed by atoms with Gasteiger partial charge in [0.1, 0.15) is 12.1 Å². The molecule has 4 unspecified atom stereocenters. The third-order valence-electron chi connectivity index (χ3n) is 7.02. The van der Waals surface area contributed by atoms with Crippen molar-refractivity contribution in [2.75, 3.05) is 20.1 Å². The van der Waals surface area contributed by atoms with E-state index in [1.165, 1.54) is 0 Å². The summed E-state index contributed by atoms with van der Waals surface area (Å²) in [6.07, 6.45) is 6.09. The topological polar surface area (TPSA) is 82.1 Å². The number of aliphatic hydroxyl groups is 1. The summed E-state index contributed by atoms with van der Waals surface area (Å²) in [7, 11) is 2.09. The zero-order valence-electron chi connectivity index (χ0n) is 25.8. The number of carbonyl (C=O) groups excluding carboxylic acids is 2. The van der Waals surface area contributed by atoms with Gasteiger partial charge in [-0.15, -0.1) is 0 Å². The van der Waals surface area contributed by atoms with Crippen molar-refractivity contribution in [3.8, 4) is 0 Å². The molecule has 1 aliphatic heterocycles. The summed E-state index contributed by atoms with van der Waals surface area (Å²) < 4.78 is 5.24. The number of rotatable bonds is 12. The molecule has 1 rings (SSSR count). The lowest BCUT2D eigenvalue weighted by atomic mass is 9.89. The van der Waals surface area contributed by atoms with Gasteiger partial charge >= 0.3 is 6.09 Å². The maximum absolute atomic E-state index is 12.9. The van der Waals surface area contributed by atoms with E-state index in [1.807, 2.05) is 37.8 Å². The molecule has 0 radical (unpaired) electrons. The van der Waals surface area contributed by atoms with Gasteiger partial charge in [0.15, 0.2) is 0 Å². The van der Waals surface area contributed by atoms with Crippen LogP contribution in [0.25, 0.3) is 0 Å². The summed E-state index contributed by atoms with van der Waals surface area (Å²) in [6, 6.07) is 0.479. The molecule has 4 atom stereocenters. The molecule has 0 aromatic heterocycles. The van der Waals surface area contributed by atoms with Crippen molar-refractivity contribution < 1.29 is 19.4 Å². The fourth-order valence-corrected chi connectivity index (χ4v) is 4.38. The summed E-state index contributed by atoms with van der Waals surface area (Å²) in [6.45, 7) is 29.7. The van der Waals surface area contributed by atoms with Gasteiger partial charge in [-0.3, -0.25) is 9.69 Å². The minimum absolute atomic E-state index is 0.0666. The molecule has 7 nitrogen and oxygen atoms in total. The largest absolute Gasteiger partial charge is 0.444 e. The molecule has 0 spiro atoms. The molecule has 0 aromatic carbocycles. The van der Waals surface area contributed by atoms with Crippen LogP contribution >= 0.6 is 0 Å². The van der Waals surface area contributed by atoms with E-state index >= 15 is 0 Å². The van der Waals surface area contributed by atoms with Crippen LogP contribution in [0.3, 0.4) is 0 Å². The van der Waals surface area contributed by atoms with Crippen molar-refractivity contribution in [3.05, 3.63) is 48.6 Å². The molecule has 2 N–H and O–H groups in total. The number of likely N-dealkylation sites (N-methyl/N-ethyl adjacent to an activating group) is 1. The second kappa shape index (κ2) is 15.9. The van der Waals surface area contributed by atoms with Crippen molar-refractivity contribution >= 4 is 12.0 Å². The number of hydrogen-bond donors (Lipinski definition) is 2. The van der Waals surface area contributed by atoms with E-state index < -0.39 is 17.3 Å². The van der Waals surface area contributed by atoms with Crippen molar-refractivity contribution in [1.82, 2.24) is 15.1 Å². The van der Waals surface area contributed by atoms with Crippen molar-refractivity contribution in [3.63, 3.8) is 0 Å². The van der Waals surface area contributed by atoms with E-state index in [4.69, 9.17) is 4.74 Å². The molecule has 0 saturated carbocycles. The second-order valence-corrected chi connectivity index (χ2v) is 11.3. The molecule has 1 aliphatic rings. The average molecular weight is 534 g/mol. The zero-order valence-corrected chi connectivity index (χ0v) is 25.8. The predicted molar refractivity (Wildman–Crippen MR) is 159 cm³/mol. The SMILES string of the molecule is C=C(C)C(=C)/C=C\C(=C)C(C)(O)CCC(C)N(C)C1CCN(C(=O)CNC(=O)OC(C)(C)C)C1CC.CC. The highest BCUT2D eigenvalue weighted by molar-refractivity contribution is 5.82. The Hall–Kier alpha value is -2.38. The van der Waals surface area contributed by atoms with Gasteiger partial charge in [-0.05, 0) is 85.4 Å². The molecule has 38 heavy (non-hydrogen) atoms. The summed E-state index contributed by atoms with van der Waals surface area (Å²) in [5.41, 5.74) is 0.692. The molecule has 0 bridgehead atoms. The van der Waals surface area contributed by atoms with E-state index in [1.54, 1.807) is 27.7 Å². The number of alkyl carbamates (subject to hydrolysis) is 1. The summed E-state index contributed by atoms with van der Waals surface area (Å²) in [5, 5.41) is 13.6. The highest BCUT2D eigenvalue weighted by Gasteiger charge is 2.39. The van der Waals surface area contributed by atoms with Crippen LogP contribution in [-0.4, -0.2) is 76.4 Å². The molecule has 7 heteroatoms. The van der Waals surface area contributed by atoms with Gasteiger partial charge in [-0.25, -0.2) is 4.79 Å². The number of likely N-dealkylation sites (tertiary alicyclic amines) is 1. The standard InChI is InChI=1S/C29H49N3O4.C2H6/c1-12-24-25(16-18-32(24)26(33)19-30-27(34)36-28(7,8)9)31(11)23(6)15-17-29(10,35)22(5)14-13-21(4)20(2)3;1-2/h13-14,23-25,35H,2,4-5,12,15-19H2,1,3,6-11H3,(H,30,34);1-2H3/b14-13-;. The van der Waals surface area contributed by atoms with Gasteiger partial charge in [0.05, 0.1) is 5.60 Å². The third-order valence-corrected chi connectivity index (χ3v) is 7.02. The molecule has 1 saturated heterocycles. The minimum Gasteiger partial charge on any atom is -0.444 e. The Morgan fingerprint density at radius 3 is 2.26 bits per heavy atom. The van der Waals surface area contributed by atoms with Crippen LogP contribution in [0.15, 0.2) is 48.6 Å². The average Bonchev–Trinajstić information content (AvgIpc) is 3.27. The molecule has 1 fully saturated rings. The number of hydrogen-bond acceptors (Lipinski definition) is 5.